The molecule has 1 amide bonds. The Kier molecular flexibility index (Phi) is 3.60. The SMILES string of the molecule is COc1ccc([C@@]2(C(=O)N3CC(c4cccnc4)C3)CC2(C)C)cc1. The van der Waals surface area contributed by atoms with Crippen LogP contribution >= 0.6 is 0 Å². The van der Waals surface area contributed by atoms with Gasteiger partial charge >= 0.3 is 0 Å². The molecule has 0 bridgehead atoms. The van der Waals surface area contributed by atoms with Gasteiger partial charge in [-0.3, -0.25) is 9.78 Å². The number of hydrogen-bond donors (Lipinski definition) is 0. The van der Waals surface area contributed by atoms with E-state index in [2.05, 4.69) is 24.9 Å². The van der Waals surface area contributed by atoms with Crippen LogP contribution in [0.15, 0.2) is 48.8 Å². The highest BCUT2D eigenvalue weighted by Crippen LogP contribution is 2.65. The Bertz CT molecular complexity index is 779. The molecule has 1 aromatic carbocycles. The zero-order chi connectivity index (χ0) is 17.7. The van der Waals surface area contributed by atoms with Crippen LogP contribution in [0.25, 0.3) is 0 Å². The molecule has 4 nitrogen and oxygen atoms in total. The molecule has 1 aliphatic heterocycles. The highest BCUT2D eigenvalue weighted by Gasteiger charge is 2.68. The minimum absolute atomic E-state index is 0.00192. The lowest BCUT2D eigenvalue weighted by molar-refractivity contribution is -0.139. The number of nitrogens with zero attached hydrogens (tertiary/aromatic N) is 2. The maximum atomic E-state index is 13.3. The van der Waals surface area contributed by atoms with Crippen molar-refractivity contribution in [3.63, 3.8) is 0 Å². The third-order valence-corrected chi connectivity index (χ3v) is 6.01. The minimum atomic E-state index is -0.390. The van der Waals surface area contributed by atoms with E-state index in [1.807, 2.05) is 41.4 Å². The maximum Gasteiger partial charge on any atom is 0.233 e. The van der Waals surface area contributed by atoms with Gasteiger partial charge < -0.3 is 9.64 Å². The van der Waals surface area contributed by atoms with Crippen LogP contribution in [-0.2, 0) is 10.2 Å². The lowest BCUT2D eigenvalue weighted by Crippen LogP contribution is -2.53. The van der Waals surface area contributed by atoms with E-state index in [9.17, 15) is 4.79 Å². The molecule has 0 unspecified atom stereocenters. The summed E-state index contributed by atoms with van der Waals surface area (Å²) in [5.41, 5.74) is 1.94. The predicted octanol–water partition coefficient (Wildman–Crippen LogP) is 3.38. The van der Waals surface area contributed by atoms with Gasteiger partial charge in [-0.1, -0.05) is 32.0 Å². The molecule has 25 heavy (non-hydrogen) atoms. The Morgan fingerprint density at radius 3 is 2.40 bits per heavy atom. The summed E-state index contributed by atoms with van der Waals surface area (Å²) in [4.78, 5) is 19.5. The molecule has 1 saturated heterocycles. The van der Waals surface area contributed by atoms with Crippen LogP contribution in [-0.4, -0.2) is 36.0 Å². The summed E-state index contributed by atoms with van der Waals surface area (Å²) >= 11 is 0. The second-order valence-electron chi connectivity index (χ2n) is 7.89. The van der Waals surface area contributed by atoms with Crippen molar-refractivity contribution >= 4 is 5.91 Å². The Balaban J connectivity index is 1.53. The summed E-state index contributed by atoms with van der Waals surface area (Å²) in [6.07, 6.45) is 4.60. The fourth-order valence-electron chi connectivity index (χ4n) is 4.22. The number of carbonyl (C=O) groups is 1. The molecule has 1 saturated carbocycles. The lowest BCUT2D eigenvalue weighted by Gasteiger charge is -2.42. The number of pyridine rings is 1. The molecule has 2 heterocycles. The largest absolute Gasteiger partial charge is 0.497 e. The monoisotopic (exact) mass is 336 g/mol. The quantitative estimate of drug-likeness (QED) is 0.859. The van der Waals surface area contributed by atoms with Gasteiger partial charge in [0.1, 0.15) is 5.75 Å². The van der Waals surface area contributed by atoms with Gasteiger partial charge in [0.25, 0.3) is 0 Å². The van der Waals surface area contributed by atoms with Crippen molar-refractivity contribution < 1.29 is 9.53 Å². The van der Waals surface area contributed by atoms with E-state index in [4.69, 9.17) is 4.74 Å². The van der Waals surface area contributed by atoms with E-state index in [1.54, 1.807) is 13.3 Å². The molecule has 2 fully saturated rings. The average Bonchev–Trinajstić information content (AvgIpc) is 3.18. The second kappa shape index (κ2) is 5.58. The third-order valence-electron chi connectivity index (χ3n) is 6.01. The lowest BCUT2D eigenvalue weighted by atomic mass is 9.83. The fourth-order valence-corrected chi connectivity index (χ4v) is 4.22. The standard InChI is InChI=1S/C21H24N2O2/c1-20(2)14-21(20,17-6-8-18(25-3)9-7-17)19(24)23-12-16(13-23)15-5-4-10-22-11-15/h4-11,16H,12-14H2,1-3H3/t21-/m1/s1. The molecule has 1 aliphatic carbocycles. The summed E-state index contributed by atoms with van der Waals surface area (Å²) < 4.78 is 5.26. The Labute approximate surface area is 148 Å². The van der Waals surface area contributed by atoms with Crippen molar-refractivity contribution in [2.24, 2.45) is 5.41 Å². The molecule has 0 N–H and O–H groups in total. The summed E-state index contributed by atoms with van der Waals surface area (Å²) in [6, 6.07) is 12.1. The van der Waals surface area contributed by atoms with Crippen molar-refractivity contribution in [2.45, 2.75) is 31.6 Å². The first-order valence-corrected chi connectivity index (χ1v) is 8.82. The van der Waals surface area contributed by atoms with Crippen molar-refractivity contribution in [1.29, 1.82) is 0 Å². The molecule has 4 heteroatoms. The molecule has 4 rings (SSSR count). The molecule has 0 spiro atoms. The fraction of sp³-hybridized carbons (Fsp3) is 0.429. The Morgan fingerprint density at radius 1 is 1.20 bits per heavy atom. The smallest absolute Gasteiger partial charge is 0.233 e. The van der Waals surface area contributed by atoms with Gasteiger partial charge in [-0.2, -0.15) is 0 Å². The minimum Gasteiger partial charge on any atom is -0.497 e. The van der Waals surface area contributed by atoms with E-state index in [-0.39, 0.29) is 16.7 Å². The van der Waals surface area contributed by atoms with Crippen LogP contribution in [0.4, 0.5) is 0 Å². The zero-order valence-electron chi connectivity index (χ0n) is 15.0. The van der Waals surface area contributed by atoms with Gasteiger partial charge in [0.2, 0.25) is 5.91 Å². The van der Waals surface area contributed by atoms with Crippen molar-refractivity contribution in [2.75, 3.05) is 20.2 Å². The highest BCUT2D eigenvalue weighted by molar-refractivity contribution is 5.93. The van der Waals surface area contributed by atoms with Crippen molar-refractivity contribution in [3.8, 4) is 5.75 Å². The van der Waals surface area contributed by atoms with Crippen LogP contribution in [0.2, 0.25) is 0 Å². The number of rotatable bonds is 4. The number of aromatic nitrogens is 1. The molecule has 1 aromatic heterocycles. The number of likely N-dealkylation sites (tertiary alicyclic amines) is 1. The van der Waals surface area contributed by atoms with E-state index in [1.165, 1.54) is 5.56 Å². The molecule has 2 aliphatic rings. The summed E-state index contributed by atoms with van der Waals surface area (Å²) in [5.74, 6) is 1.50. The van der Waals surface area contributed by atoms with Crippen molar-refractivity contribution in [3.05, 3.63) is 59.9 Å². The van der Waals surface area contributed by atoms with Crippen molar-refractivity contribution in [1.82, 2.24) is 9.88 Å². The zero-order valence-corrected chi connectivity index (χ0v) is 15.0. The maximum absolute atomic E-state index is 13.3. The number of hydrogen-bond acceptors (Lipinski definition) is 3. The van der Waals surface area contributed by atoms with Gasteiger partial charge in [0.15, 0.2) is 0 Å². The van der Waals surface area contributed by atoms with Crippen LogP contribution in [0.5, 0.6) is 5.75 Å². The molecular formula is C21H24N2O2. The van der Waals surface area contributed by atoms with Gasteiger partial charge in [-0.05, 0) is 41.2 Å². The number of benzene rings is 1. The molecule has 130 valence electrons. The molecule has 2 aromatic rings. The topological polar surface area (TPSA) is 42.4 Å². The number of carbonyl (C=O) groups excluding carboxylic acids is 1. The second-order valence-corrected chi connectivity index (χ2v) is 7.89. The van der Waals surface area contributed by atoms with E-state index < -0.39 is 0 Å². The van der Waals surface area contributed by atoms with Gasteiger partial charge in [0, 0.05) is 31.4 Å². The predicted molar refractivity (Wildman–Crippen MR) is 96.6 cm³/mol. The van der Waals surface area contributed by atoms with E-state index in [0.717, 1.165) is 30.8 Å². The Hall–Kier alpha value is -2.36. The van der Waals surface area contributed by atoms with Gasteiger partial charge in [0.05, 0.1) is 12.5 Å². The van der Waals surface area contributed by atoms with Crippen LogP contribution in [0.1, 0.15) is 37.3 Å². The average molecular weight is 336 g/mol. The van der Waals surface area contributed by atoms with E-state index >= 15 is 0 Å². The van der Waals surface area contributed by atoms with Gasteiger partial charge in [-0.25, -0.2) is 0 Å². The molecule has 0 radical (unpaired) electrons. The van der Waals surface area contributed by atoms with Crippen LogP contribution in [0.3, 0.4) is 0 Å². The summed E-state index contributed by atoms with van der Waals surface area (Å²) in [7, 11) is 1.66. The first kappa shape index (κ1) is 16.1. The Morgan fingerprint density at radius 2 is 1.88 bits per heavy atom. The molecule has 1 atom stereocenters. The number of methoxy groups -OCH3 is 1. The number of amides is 1. The normalized spacial score (nSPS) is 24.5. The van der Waals surface area contributed by atoms with E-state index in [0.29, 0.717) is 5.92 Å². The highest BCUT2D eigenvalue weighted by atomic mass is 16.5. The molecular weight excluding hydrogens is 312 g/mol. The van der Waals surface area contributed by atoms with Crippen LogP contribution in [0, 0.1) is 5.41 Å². The first-order chi connectivity index (χ1) is 12.0. The summed E-state index contributed by atoms with van der Waals surface area (Å²) in [5, 5.41) is 0. The summed E-state index contributed by atoms with van der Waals surface area (Å²) in [6.45, 7) is 5.96. The first-order valence-electron chi connectivity index (χ1n) is 8.82. The number of ether oxygens (including phenoxy) is 1. The van der Waals surface area contributed by atoms with Gasteiger partial charge in [-0.15, -0.1) is 0 Å². The van der Waals surface area contributed by atoms with Crippen LogP contribution < -0.4 is 4.74 Å². The third kappa shape index (κ3) is 2.43.